The van der Waals surface area contributed by atoms with Gasteiger partial charge in [0.15, 0.2) is 0 Å². The van der Waals surface area contributed by atoms with Crippen LogP contribution >= 0.6 is 0 Å². The van der Waals surface area contributed by atoms with Crippen molar-refractivity contribution in [3.8, 4) is 0 Å². The Kier molecular flexibility index (Phi) is 1.47. The van der Waals surface area contributed by atoms with E-state index in [9.17, 15) is 4.79 Å². The normalized spacial score (nSPS) is 15.7. The van der Waals surface area contributed by atoms with Gasteiger partial charge in [-0.25, -0.2) is 9.61 Å². The van der Waals surface area contributed by atoms with Crippen LogP contribution in [0.2, 0.25) is 0 Å². The topological polar surface area (TPSA) is 63.0 Å². The third kappa shape index (κ3) is 0.921. The Morgan fingerprint density at radius 2 is 2.21 bits per heavy atom. The molecule has 1 N–H and O–H groups in total. The lowest BCUT2D eigenvalue weighted by molar-refractivity contribution is 0.672. The number of hydrogen-bond donors (Lipinski definition) is 1. The van der Waals surface area contributed by atoms with Crippen molar-refractivity contribution in [3.63, 3.8) is 0 Å². The molecule has 5 heteroatoms. The number of aromatic amines is 1. The fraction of sp³-hybridized carbons (Fsp3) is 0.444. The van der Waals surface area contributed by atoms with E-state index >= 15 is 0 Å². The fourth-order valence-corrected chi connectivity index (χ4v) is 2.09. The highest BCUT2D eigenvalue weighted by Gasteiger charge is 2.18. The Morgan fingerprint density at radius 3 is 3.14 bits per heavy atom. The predicted octanol–water partition coefficient (Wildman–Crippen LogP) is 0.296. The van der Waals surface area contributed by atoms with E-state index in [2.05, 4.69) is 15.3 Å². The first-order valence-corrected chi connectivity index (χ1v) is 4.80. The van der Waals surface area contributed by atoms with Crippen molar-refractivity contribution in [2.45, 2.75) is 25.7 Å². The zero-order valence-corrected chi connectivity index (χ0v) is 7.66. The van der Waals surface area contributed by atoms with E-state index in [1.165, 1.54) is 6.42 Å². The van der Waals surface area contributed by atoms with Gasteiger partial charge in [-0.05, 0) is 25.7 Å². The molecule has 0 unspecified atom stereocenters. The lowest BCUT2D eigenvalue weighted by Crippen LogP contribution is -2.12. The molecule has 0 aromatic carbocycles. The third-order valence-electron chi connectivity index (χ3n) is 2.73. The highest BCUT2D eigenvalue weighted by atomic mass is 16.1. The first-order valence-electron chi connectivity index (χ1n) is 4.80. The molecule has 0 bridgehead atoms. The molecule has 14 heavy (non-hydrogen) atoms. The van der Waals surface area contributed by atoms with Crippen LogP contribution in [0, 0.1) is 0 Å². The molecule has 1 aliphatic rings. The molecule has 2 aromatic rings. The number of rotatable bonds is 0. The number of nitrogens with one attached hydrogen (secondary N) is 1. The van der Waals surface area contributed by atoms with Gasteiger partial charge in [-0.15, -0.1) is 0 Å². The second kappa shape index (κ2) is 2.67. The van der Waals surface area contributed by atoms with Gasteiger partial charge in [0.2, 0.25) is 0 Å². The second-order valence-corrected chi connectivity index (χ2v) is 3.61. The van der Waals surface area contributed by atoms with Gasteiger partial charge in [0.05, 0.1) is 5.69 Å². The van der Waals surface area contributed by atoms with E-state index in [1.807, 2.05) is 0 Å². The fourth-order valence-electron chi connectivity index (χ4n) is 2.09. The zero-order chi connectivity index (χ0) is 9.54. The minimum absolute atomic E-state index is 0.136. The van der Waals surface area contributed by atoms with E-state index < -0.39 is 0 Å². The summed E-state index contributed by atoms with van der Waals surface area (Å²) in [6.07, 6.45) is 5.82. The number of H-pyrrole nitrogens is 1. The van der Waals surface area contributed by atoms with Crippen molar-refractivity contribution in [1.29, 1.82) is 0 Å². The number of fused-ring (bicyclic) bond motifs is 3. The molecule has 0 amide bonds. The Bertz CT molecular complexity index is 539. The summed E-state index contributed by atoms with van der Waals surface area (Å²) in [5.41, 5.74) is 2.72. The van der Waals surface area contributed by atoms with Crippen LogP contribution in [0.25, 0.3) is 5.52 Å². The van der Waals surface area contributed by atoms with Crippen LogP contribution < -0.4 is 5.56 Å². The lowest BCUT2D eigenvalue weighted by Gasteiger charge is -2.07. The van der Waals surface area contributed by atoms with Gasteiger partial charge in [0, 0.05) is 5.56 Å². The quantitative estimate of drug-likeness (QED) is 0.649. The second-order valence-electron chi connectivity index (χ2n) is 3.61. The minimum Gasteiger partial charge on any atom is -0.266 e. The van der Waals surface area contributed by atoms with E-state index in [1.54, 1.807) is 10.8 Å². The number of aryl methyl sites for hydroxylation is 2. The Morgan fingerprint density at radius 1 is 1.36 bits per heavy atom. The molecule has 0 radical (unpaired) electrons. The van der Waals surface area contributed by atoms with Crippen molar-refractivity contribution in [3.05, 3.63) is 27.9 Å². The van der Waals surface area contributed by atoms with Crippen LogP contribution in [-0.4, -0.2) is 19.8 Å². The van der Waals surface area contributed by atoms with Crippen LogP contribution in [0.15, 0.2) is 11.1 Å². The van der Waals surface area contributed by atoms with Gasteiger partial charge in [0.25, 0.3) is 5.56 Å². The maximum atomic E-state index is 11.5. The van der Waals surface area contributed by atoms with E-state index in [0.717, 1.165) is 30.5 Å². The van der Waals surface area contributed by atoms with Crippen LogP contribution in [0.1, 0.15) is 24.1 Å². The first-order chi connectivity index (χ1) is 6.86. The molecule has 2 heterocycles. The van der Waals surface area contributed by atoms with Crippen molar-refractivity contribution in [1.82, 2.24) is 19.8 Å². The van der Waals surface area contributed by atoms with Crippen LogP contribution in [0.4, 0.5) is 0 Å². The molecular formula is C9H10N4O. The van der Waals surface area contributed by atoms with E-state index in [4.69, 9.17) is 0 Å². The SMILES string of the molecule is O=c1[nH]ncn2nc3c(c12)CCCC3. The average molecular weight is 190 g/mol. The van der Waals surface area contributed by atoms with Gasteiger partial charge in [0.1, 0.15) is 11.8 Å². The largest absolute Gasteiger partial charge is 0.290 e. The monoisotopic (exact) mass is 190 g/mol. The Balaban J connectivity index is 2.44. The molecule has 0 aliphatic heterocycles. The first kappa shape index (κ1) is 7.73. The summed E-state index contributed by atoms with van der Waals surface area (Å²) >= 11 is 0. The molecule has 0 saturated carbocycles. The third-order valence-corrected chi connectivity index (χ3v) is 2.73. The molecular weight excluding hydrogens is 180 g/mol. The number of aromatic nitrogens is 4. The highest BCUT2D eigenvalue weighted by molar-refractivity contribution is 5.55. The van der Waals surface area contributed by atoms with E-state index in [-0.39, 0.29) is 5.56 Å². The molecule has 2 aromatic heterocycles. The smallest absolute Gasteiger partial charge is 0.266 e. The molecule has 72 valence electrons. The van der Waals surface area contributed by atoms with Crippen molar-refractivity contribution in [2.24, 2.45) is 0 Å². The standard InChI is InChI=1S/C9H10N4O/c14-9-8-6-3-1-2-4-7(6)12-13(8)5-10-11-9/h5H,1-4H2,(H,11,14). The average Bonchev–Trinajstić information content (AvgIpc) is 2.57. The number of hydrogen-bond acceptors (Lipinski definition) is 3. The summed E-state index contributed by atoms with van der Waals surface area (Å²) in [5, 5.41) is 10.5. The molecule has 3 rings (SSSR count). The maximum absolute atomic E-state index is 11.5. The van der Waals surface area contributed by atoms with Crippen LogP contribution in [0.3, 0.4) is 0 Å². The molecule has 5 nitrogen and oxygen atoms in total. The maximum Gasteiger partial charge on any atom is 0.290 e. The zero-order valence-electron chi connectivity index (χ0n) is 7.66. The van der Waals surface area contributed by atoms with Gasteiger partial charge < -0.3 is 0 Å². The molecule has 0 fully saturated rings. The van der Waals surface area contributed by atoms with Gasteiger partial charge in [-0.2, -0.15) is 10.2 Å². The summed E-state index contributed by atoms with van der Waals surface area (Å²) in [6.45, 7) is 0. The summed E-state index contributed by atoms with van der Waals surface area (Å²) in [7, 11) is 0. The van der Waals surface area contributed by atoms with Gasteiger partial charge in [-0.3, -0.25) is 4.79 Å². The van der Waals surface area contributed by atoms with Crippen LogP contribution in [-0.2, 0) is 12.8 Å². The van der Waals surface area contributed by atoms with Crippen LogP contribution in [0.5, 0.6) is 0 Å². The minimum atomic E-state index is -0.136. The highest BCUT2D eigenvalue weighted by Crippen LogP contribution is 2.21. The summed E-state index contributed by atoms with van der Waals surface area (Å²) in [5.74, 6) is 0. The van der Waals surface area contributed by atoms with Gasteiger partial charge >= 0.3 is 0 Å². The predicted molar refractivity (Wildman–Crippen MR) is 50.2 cm³/mol. The molecule has 0 spiro atoms. The number of nitrogens with zero attached hydrogens (tertiary/aromatic N) is 3. The molecule has 1 aliphatic carbocycles. The van der Waals surface area contributed by atoms with Crippen molar-refractivity contribution >= 4 is 5.52 Å². The van der Waals surface area contributed by atoms with E-state index in [0.29, 0.717) is 5.52 Å². The summed E-state index contributed by atoms with van der Waals surface area (Å²) < 4.78 is 1.59. The van der Waals surface area contributed by atoms with Crippen molar-refractivity contribution < 1.29 is 0 Å². The lowest BCUT2D eigenvalue weighted by atomic mass is 9.97. The Labute approximate surface area is 79.8 Å². The summed E-state index contributed by atoms with van der Waals surface area (Å²) in [4.78, 5) is 11.5. The molecule has 0 atom stereocenters. The molecule has 0 saturated heterocycles. The van der Waals surface area contributed by atoms with Crippen molar-refractivity contribution in [2.75, 3.05) is 0 Å². The summed E-state index contributed by atoms with van der Waals surface area (Å²) in [6, 6.07) is 0. The Hall–Kier alpha value is -1.65. The van der Waals surface area contributed by atoms with Gasteiger partial charge in [-0.1, -0.05) is 0 Å².